The summed E-state index contributed by atoms with van der Waals surface area (Å²) < 4.78 is 0. The number of alkyl halides is 1. The Morgan fingerprint density at radius 3 is 2.25 bits per heavy atom. The molecule has 2 nitrogen and oxygen atoms in total. The Labute approximate surface area is 55.2 Å². The molecule has 0 N–H and O–H groups in total. The van der Waals surface area contributed by atoms with E-state index in [1.165, 1.54) is 0 Å². The molecule has 0 aliphatic carbocycles. The van der Waals surface area contributed by atoms with Crippen molar-refractivity contribution in [1.82, 2.24) is 4.90 Å². The number of hydrogen-bond donors (Lipinski definition) is 0. The van der Waals surface area contributed by atoms with E-state index >= 15 is 0 Å². The van der Waals surface area contributed by atoms with E-state index in [1.54, 1.807) is 13.3 Å². The van der Waals surface area contributed by atoms with Gasteiger partial charge in [-0.2, -0.15) is 0 Å². The molecule has 0 spiro atoms. The fraction of sp³-hybridized carbons (Fsp3) is 0.800. The van der Waals surface area contributed by atoms with Gasteiger partial charge in [0.05, 0.1) is 0 Å². The highest BCUT2D eigenvalue weighted by atomic mass is 35.5. The van der Waals surface area contributed by atoms with Crippen molar-refractivity contribution in [3.63, 3.8) is 0 Å². The molecule has 0 aromatic rings. The maximum Gasteiger partial charge on any atom is 0.120 e. The van der Waals surface area contributed by atoms with E-state index in [0.717, 1.165) is 0 Å². The molecule has 1 atom stereocenters. The van der Waals surface area contributed by atoms with Crippen molar-refractivity contribution in [2.45, 2.75) is 5.50 Å². The lowest BCUT2D eigenvalue weighted by Gasteiger charge is -2.10. The molecule has 0 aromatic heterocycles. The Bertz CT molecular complexity index is 80.5. The largest absolute Gasteiger partial charge is 0.298 e. The number of halogens is 1. The predicted octanol–water partition coefficient (Wildman–Crippen LogP) is 0.814. The Morgan fingerprint density at radius 1 is 1.62 bits per heavy atom. The third kappa shape index (κ3) is 2.99. The maximum absolute atomic E-state index is 5.69. The van der Waals surface area contributed by atoms with Gasteiger partial charge in [0.2, 0.25) is 0 Å². The first kappa shape index (κ1) is 7.92. The van der Waals surface area contributed by atoms with Crippen molar-refractivity contribution >= 4 is 17.8 Å². The average molecular weight is 135 g/mol. The second-order valence-electron chi connectivity index (χ2n) is 1.74. The van der Waals surface area contributed by atoms with Crippen molar-refractivity contribution in [3.05, 3.63) is 0 Å². The number of nitrogens with zero attached hydrogens (tertiary/aromatic N) is 2. The standard InChI is InChI=1S/C5H11ClN2/c1-7-4-5(6)8(2)3/h4-5H,1-3H3. The van der Waals surface area contributed by atoms with Crippen LogP contribution in [0.2, 0.25) is 0 Å². The zero-order valence-corrected chi connectivity index (χ0v) is 6.18. The predicted molar refractivity (Wildman–Crippen MR) is 37.7 cm³/mol. The highest BCUT2D eigenvalue weighted by molar-refractivity contribution is 6.27. The topological polar surface area (TPSA) is 15.6 Å². The first-order valence-corrected chi connectivity index (χ1v) is 2.85. The van der Waals surface area contributed by atoms with Crippen LogP contribution in [-0.4, -0.2) is 37.8 Å². The molecule has 0 aromatic carbocycles. The smallest absolute Gasteiger partial charge is 0.120 e. The molecule has 0 amide bonds. The van der Waals surface area contributed by atoms with E-state index in [2.05, 4.69) is 4.99 Å². The first-order chi connectivity index (χ1) is 3.68. The normalized spacial score (nSPS) is 15.6. The van der Waals surface area contributed by atoms with Gasteiger partial charge in [-0.05, 0) is 14.1 Å². The fourth-order valence-corrected chi connectivity index (χ4v) is 0.369. The Balaban J connectivity index is 3.47. The number of aliphatic imine (C=N–C) groups is 1. The first-order valence-electron chi connectivity index (χ1n) is 2.41. The summed E-state index contributed by atoms with van der Waals surface area (Å²) in [4.78, 5) is 5.63. The van der Waals surface area contributed by atoms with E-state index in [1.807, 2.05) is 19.0 Å². The minimum Gasteiger partial charge on any atom is -0.298 e. The van der Waals surface area contributed by atoms with Gasteiger partial charge < -0.3 is 0 Å². The Morgan fingerprint density at radius 2 is 2.12 bits per heavy atom. The van der Waals surface area contributed by atoms with Gasteiger partial charge in [-0.25, -0.2) is 0 Å². The van der Waals surface area contributed by atoms with Crippen LogP contribution in [0.3, 0.4) is 0 Å². The second-order valence-corrected chi connectivity index (χ2v) is 2.19. The third-order valence-electron chi connectivity index (χ3n) is 0.765. The molecule has 0 fully saturated rings. The molecule has 3 heteroatoms. The molecule has 8 heavy (non-hydrogen) atoms. The SMILES string of the molecule is CN=CC(Cl)N(C)C. The van der Waals surface area contributed by atoms with Crippen LogP contribution in [0.1, 0.15) is 0 Å². The molecular weight excluding hydrogens is 124 g/mol. The van der Waals surface area contributed by atoms with Crippen LogP contribution >= 0.6 is 11.6 Å². The van der Waals surface area contributed by atoms with Gasteiger partial charge in [0.25, 0.3) is 0 Å². The average Bonchev–Trinajstić information content (AvgIpc) is 1.67. The molecule has 0 heterocycles. The van der Waals surface area contributed by atoms with E-state index in [0.29, 0.717) is 0 Å². The fourth-order valence-electron chi connectivity index (χ4n) is 0.256. The minimum atomic E-state index is -0.0694. The number of rotatable bonds is 2. The van der Waals surface area contributed by atoms with E-state index in [4.69, 9.17) is 11.6 Å². The Kier molecular flexibility index (Phi) is 3.83. The summed E-state index contributed by atoms with van der Waals surface area (Å²) in [5.41, 5.74) is -0.0694. The van der Waals surface area contributed by atoms with Crippen LogP contribution in [-0.2, 0) is 0 Å². The van der Waals surface area contributed by atoms with Gasteiger partial charge in [-0.15, -0.1) is 0 Å². The minimum absolute atomic E-state index is 0.0694. The van der Waals surface area contributed by atoms with Gasteiger partial charge in [-0.3, -0.25) is 9.89 Å². The summed E-state index contributed by atoms with van der Waals surface area (Å²) in [7, 11) is 5.51. The van der Waals surface area contributed by atoms with E-state index in [-0.39, 0.29) is 5.50 Å². The van der Waals surface area contributed by atoms with Crippen LogP contribution < -0.4 is 0 Å². The molecule has 0 radical (unpaired) electrons. The molecule has 1 unspecified atom stereocenters. The van der Waals surface area contributed by atoms with Crippen molar-refractivity contribution in [1.29, 1.82) is 0 Å². The molecule has 0 rings (SSSR count). The van der Waals surface area contributed by atoms with Crippen LogP contribution in [0.5, 0.6) is 0 Å². The van der Waals surface area contributed by atoms with Gasteiger partial charge in [0.15, 0.2) is 0 Å². The van der Waals surface area contributed by atoms with Gasteiger partial charge >= 0.3 is 0 Å². The quantitative estimate of drug-likeness (QED) is 0.310. The summed E-state index contributed by atoms with van der Waals surface area (Å²) in [6, 6.07) is 0. The van der Waals surface area contributed by atoms with Crippen molar-refractivity contribution in [2.24, 2.45) is 4.99 Å². The maximum atomic E-state index is 5.69. The van der Waals surface area contributed by atoms with Crippen LogP contribution in [0.4, 0.5) is 0 Å². The van der Waals surface area contributed by atoms with Gasteiger partial charge in [-0.1, -0.05) is 11.6 Å². The van der Waals surface area contributed by atoms with Gasteiger partial charge in [0.1, 0.15) is 5.50 Å². The van der Waals surface area contributed by atoms with Crippen LogP contribution in [0.25, 0.3) is 0 Å². The van der Waals surface area contributed by atoms with E-state index in [9.17, 15) is 0 Å². The van der Waals surface area contributed by atoms with Crippen molar-refractivity contribution in [3.8, 4) is 0 Å². The summed E-state index contributed by atoms with van der Waals surface area (Å²) in [5, 5.41) is 0. The molecule has 0 bridgehead atoms. The highest BCUT2D eigenvalue weighted by Gasteiger charge is 1.99. The lowest BCUT2D eigenvalue weighted by atomic mass is 10.6. The molecule has 0 saturated carbocycles. The summed E-state index contributed by atoms with van der Waals surface area (Å²) >= 11 is 5.69. The molecule has 0 aliphatic rings. The van der Waals surface area contributed by atoms with Crippen LogP contribution in [0, 0.1) is 0 Å². The molecule has 0 aliphatic heterocycles. The molecule has 48 valence electrons. The van der Waals surface area contributed by atoms with E-state index < -0.39 is 0 Å². The Hall–Kier alpha value is -0.0800. The third-order valence-corrected chi connectivity index (χ3v) is 1.27. The summed E-state index contributed by atoms with van der Waals surface area (Å²) in [5.74, 6) is 0. The zero-order valence-electron chi connectivity index (χ0n) is 5.43. The summed E-state index contributed by atoms with van der Waals surface area (Å²) in [6.45, 7) is 0. The van der Waals surface area contributed by atoms with Crippen molar-refractivity contribution < 1.29 is 0 Å². The lowest BCUT2D eigenvalue weighted by Crippen LogP contribution is -2.23. The summed E-state index contributed by atoms with van der Waals surface area (Å²) in [6.07, 6.45) is 1.68. The number of hydrogen-bond acceptors (Lipinski definition) is 2. The van der Waals surface area contributed by atoms with Crippen LogP contribution in [0.15, 0.2) is 4.99 Å². The van der Waals surface area contributed by atoms with Gasteiger partial charge in [0, 0.05) is 13.3 Å². The second kappa shape index (κ2) is 3.87. The highest BCUT2D eigenvalue weighted by Crippen LogP contribution is 1.93. The molecule has 0 saturated heterocycles. The molecular formula is C5H11ClN2. The van der Waals surface area contributed by atoms with Crippen molar-refractivity contribution in [2.75, 3.05) is 21.1 Å². The zero-order chi connectivity index (χ0) is 6.57. The monoisotopic (exact) mass is 134 g/mol. The lowest BCUT2D eigenvalue weighted by molar-refractivity contribution is 0.441.